The highest BCUT2D eigenvalue weighted by Crippen LogP contribution is 2.42. The van der Waals surface area contributed by atoms with Crippen LogP contribution >= 0.6 is 19.2 Å². The van der Waals surface area contributed by atoms with Gasteiger partial charge in [-0.05, 0) is 35.4 Å². The number of aliphatic hydroxyl groups excluding tert-OH is 1. The molecule has 3 N–H and O–H groups in total. The predicted molar refractivity (Wildman–Crippen MR) is 104 cm³/mol. The second-order valence-corrected chi connectivity index (χ2v) is 9.51. The molecule has 0 atom stereocenters. The van der Waals surface area contributed by atoms with Crippen LogP contribution in [0.5, 0.6) is 0 Å². The Morgan fingerprint density at radius 1 is 1.15 bits per heavy atom. The van der Waals surface area contributed by atoms with E-state index < -0.39 is 30.3 Å². The number of halogens is 1. The molecule has 1 aromatic rings. The quantitative estimate of drug-likeness (QED) is 0.301. The lowest BCUT2D eigenvalue weighted by molar-refractivity contribution is -0.127. The van der Waals surface area contributed by atoms with E-state index >= 15 is 0 Å². The highest BCUT2D eigenvalue weighted by atomic mass is 35.5. The van der Waals surface area contributed by atoms with Crippen LogP contribution in [0.15, 0.2) is 11.6 Å². The zero-order valence-corrected chi connectivity index (χ0v) is 17.4. The second kappa shape index (κ2) is 7.51. The first kappa shape index (κ1) is 21.8. The number of aliphatic hydroxyl groups is 1. The molecule has 6 nitrogen and oxygen atoms in total. The van der Waals surface area contributed by atoms with Crippen LogP contribution < -0.4 is 5.30 Å². The number of carbonyl (C=O) groups is 2. The number of hydrogen-bond donors (Lipinski definition) is 3. The molecule has 148 valence electrons. The molecule has 0 aliphatic heterocycles. The lowest BCUT2D eigenvalue weighted by Crippen LogP contribution is -2.32. The Kier molecular flexibility index (Phi) is 6.08. The van der Waals surface area contributed by atoms with Crippen molar-refractivity contribution in [1.82, 2.24) is 0 Å². The first-order valence-electron chi connectivity index (χ1n) is 8.74. The van der Waals surface area contributed by atoms with Gasteiger partial charge in [0.2, 0.25) is 0 Å². The normalized spacial score (nSPS) is 17.4. The van der Waals surface area contributed by atoms with Gasteiger partial charge in [0.15, 0.2) is 11.6 Å². The number of Topliss-reactive ketones (excluding diaryl/α,β-unsaturated/α-hetero) is 2. The summed E-state index contributed by atoms with van der Waals surface area (Å²) in [5.41, 5.74) is -0.0957. The van der Waals surface area contributed by atoms with Crippen LogP contribution in [0.25, 0.3) is 5.76 Å². The van der Waals surface area contributed by atoms with Crippen molar-refractivity contribution in [2.75, 3.05) is 0 Å². The third kappa shape index (κ3) is 4.19. The first-order chi connectivity index (χ1) is 12.3. The zero-order chi connectivity index (χ0) is 20.7. The molecule has 1 saturated carbocycles. The summed E-state index contributed by atoms with van der Waals surface area (Å²) in [5, 5.41) is 10.6. The third-order valence-electron chi connectivity index (χ3n) is 4.78. The van der Waals surface area contributed by atoms with Crippen molar-refractivity contribution >= 4 is 41.8 Å². The summed E-state index contributed by atoms with van der Waals surface area (Å²) in [6, 6.07) is 1.30. The highest BCUT2D eigenvalue weighted by Gasteiger charge is 2.39. The monoisotopic (exact) mass is 414 g/mol. The summed E-state index contributed by atoms with van der Waals surface area (Å²) in [6.45, 7) is 7.03. The summed E-state index contributed by atoms with van der Waals surface area (Å²) in [6.07, 6.45) is 0.766. The van der Waals surface area contributed by atoms with E-state index in [4.69, 9.17) is 11.6 Å². The molecule has 1 aliphatic carbocycles. The van der Waals surface area contributed by atoms with Crippen LogP contribution in [0.4, 0.5) is 0 Å². The SMILES string of the molecule is CCc1cc(P(=O)(O)O)c(CC)c(Cl)c1C(O)=C1C(=O)CC(C)(C)CC1=O. The van der Waals surface area contributed by atoms with Gasteiger partial charge in [0.1, 0.15) is 11.3 Å². The van der Waals surface area contributed by atoms with E-state index in [1.54, 1.807) is 13.8 Å². The van der Waals surface area contributed by atoms with Gasteiger partial charge >= 0.3 is 7.60 Å². The van der Waals surface area contributed by atoms with Gasteiger partial charge in [-0.25, -0.2) is 0 Å². The molecule has 0 bridgehead atoms. The molecular weight excluding hydrogens is 391 g/mol. The van der Waals surface area contributed by atoms with Gasteiger partial charge in [-0.1, -0.05) is 39.3 Å². The maximum Gasteiger partial charge on any atom is 0.356 e. The van der Waals surface area contributed by atoms with Gasteiger partial charge in [-0.15, -0.1) is 0 Å². The largest absolute Gasteiger partial charge is 0.506 e. The fraction of sp³-hybridized carbons (Fsp3) is 0.474. The van der Waals surface area contributed by atoms with Crippen LogP contribution in [-0.2, 0) is 27.0 Å². The minimum absolute atomic E-state index is 0.0365. The van der Waals surface area contributed by atoms with Gasteiger partial charge < -0.3 is 14.9 Å². The van der Waals surface area contributed by atoms with Crippen LogP contribution in [0.1, 0.15) is 57.2 Å². The molecule has 0 unspecified atom stereocenters. The Morgan fingerprint density at radius 3 is 2.07 bits per heavy atom. The number of aryl methyl sites for hydroxylation is 1. The maximum atomic E-state index is 12.5. The predicted octanol–water partition coefficient (Wildman–Crippen LogP) is 3.50. The molecule has 0 radical (unpaired) electrons. The average molecular weight is 415 g/mol. The number of rotatable bonds is 4. The molecule has 0 saturated heterocycles. The Labute approximate surface area is 163 Å². The van der Waals surface area contributed by atoms with Crippen LogP contribution in [-0.4, -0.2) is 26.5 Å². The average Bonchev–Trinajstić information content (AvgIpc) is 2.50. The van der Waals surface area contributed by atoms with Crippen molar-refractivity contribution in [3.8, 4) is 0 Å². The summed E-state index contributed by atoms with van der Waals surface area (Å²) in [4.78, 5) is 44.3. The summed E-state index contributed by atoms with van der Waals surface area (Å²) in [7, 11) is -4.58. The smallest absolute Gasteiger partial charge is 0.356 e. The van der Waals surface area contributed by atoms with Crippen molar-refractivity contribution in [3.05, 3.63) is 33.4 Å². The Hall–Kier alpha value is -1.46. The fourth-order valence-electron chi connectivity index (χ4n) is 3.51. The van der Waals surface area contributed by atoms with Gasteiger partial charge in [0, 0.05) is 18.4 Å². The molecular formula is C19H24ClO6P. The van der Waals surface area contributed by atoms with Gasteiger partial charge in [0.25, 0.3) is 0 Å². The van der Waals surface area contributed by atoms with Crippen molar-refractivity contribution in [2.24, 2.45) is 5.41 Å². The van der Waals surface area contributed by atoms with E-state index in [1.165, 1.54) is 6.07 Å². The van der Waals surface area contributed by atoms with E-state index in [0.717, 1.165) is 0 Å². The molecule has 1 aromatic carbocycles. The van der Waals surface area contributed by atoms with Crippen LogP contribution in [0, 0.1) is 5.41 Å². The molecule has 8 heteroatoms. The Bertz CT molecular complexity index is 872. The van der Waals surface area contributed by atoms with E-state index in [1.807, 2.05) is 13.8 Å². The molecule has 2 rings (SSSR count). The molecule has 1 fully saturated rings. The van der Waals surface area contributed by atoms with E-state index in [2.05, 4.69) is 0 Å². The van der Waals surface area contributed by atoms with Crippen LogP contribution in [0.3, 0.4) is 0 Å². The van der Waals surface area contributed by atoms with Crippen molar-refractivity contribution < 1.29 is 29.0 Å². The fourth-order valence-corrected chi connectivity index (χ4v) is 4.97. The topological polar surface area (TPSA) is 112 Å². The third-order valence-corrected chi connectivity index (χ3v) is 6.23. The molecule has 0 aromatic heterocycles. The number of allylic oxidation sites excluding steroid dienone is 1. The molecule has 0 amide bonds. The van der Waals surface area contributed by atoms with Gasteiger partial charge in [-0.2, -0.15) is 0 Å². The summed E-state index contributed by atoms with van der Waals surface area (Å²) in [5.74, 6) is -1.41. The molecule has 27 heavy (non-hydrogen) atoms. The van der Waals surface area contributed by atoms with E-state index in [9.17, 15) is 29.0 Å². The first-order valence-corrected chi connectivity index (χ1v) is 10.7. The van der Waals surface area contributed by atoms with Gasteiger partial charge in [0.05, 0.1) is 10.3 Å². The minimum Gasteiger partial charge on any atom is -0.506 e. The summed E-state index contributed by atoms with van der Waals surface area (Å²) < 4.78 is 11.8. The van der Waals surface area contributed by atoms with Gasteiger partial charge in [-0.3, -0.25) is 14.2 Å². The number of ketones is 2. The van der Waals surface area contributed by atoms with Crippen molar-refractivity contribution in [1.29, 1.82) is 0 Å². The highest BCUT2D eigenvalue weighted by molar-refractivity contribution is 7.60. The lowest BCUT2D eigenvalue weighted by atomic mass is 9.73. The van der Waals surface area contributed by atoms with Crippen molar-refractivity contribution in [2.45, 2.75) is 53.4 Å². The Balaban J connectivity index is 2.80. The zero-order valence-electron chi connectivity index (χ0n) is 15.8. The van der Waals surface area contributed by atoms with E-state index in [-0.39, 0.29) is 46.3 Å². The maximum absolute atomic E-state index is 12.5. The molecule has 0 spiro atoms. The number of benzene rings is 1. The van der Waals surface area contributed by atoms with Crippen molar-refractivity contribution in [3.63, 3.8) is 0 Å². The minimum atomic E-state index is -4.58. The van der Waals surface area contributed by atoms with Crippen LogP contribution in [0.2, 0.25) is 5.02 Å². The second-order valence-electron chi connectivity index (χ2n) is 7.56. The number of hydrogen-bond acceptors (Lipinski definition) is 4. The Morgan fingerprint density at radius 2 is 1.67 bits per heavy atom. The summed E-state index contributed by atoms with van der Waals surface area (Å²) >= 11 is 6.41. The lowest BCUT2D eigenvalue weighted by Gasteiger charge is -2.29. The standard InChI is InChI=1S/C19H24ClO6P/c1-5-10-7-14(27(24,25)26)11(6-2)17(20)15(10)18(23)16-12(21)8-19(3,4)9-13(16)22/h7,23H,5-6,8-9H2,1-4H3,(H2,24,25,26). The number of carbonyl (C=O) groups excluding carboxylic acids is 2. The molecule has 0 heterocycles. The molecule has 1 aliphatic rings. The van der Waals surface area contributed by atoms with E-state index in [0.29, 0.717) is 12.0 Å².